The molecule has 1 unspecified atom stereocenters. The Kier molecular flexibility index (Phi) is 4.73. The predicted molar refractivity (Wildman–Crippen MR) is 93.1 cm³/mol. The molecule has 1 aliphatic rings. The largest absolute Gasteiger partial charge is 0.494 e. The third-order valence-electron chi connectivity index (χ3n) is 4.49. The van der Waals surface area contributed by atoms with Crippen molar-refractivity contribution < 1.29 is 27.1 Å². The summed E-state index contributed by atoms with van der Waals surface area (Å²) in [5, 5.41) is 0. The van der Waals surface area contributed by atoms with Crippen molar-refractivity contribution in [3.05, 3.63) is 35.1 Å². The van der Waals surface area contributed by atoms with Crippen LogP contribution in [-0.2, 0) is 13.0 Å². The molecule has 1 aromatic heterocycles. The summed E-state index contributed by atoms with van der Waals surface area (Å²) >= 11 is 0. The number of methoxy groups -OCH3 is 1. The van der Waals surface area contributed by atoms with Crippen LogP contribution >= 0.6 is 0 Å². The molecule has 9 heteroatoms. The smallest absolute Gasteiger partial charge is 0.429 e. The van der Waals surface area contributed by atoms with Gasteiger partial charge in [-0.3, -0.25) is 4.79 Å². The highest BCUT2D eigenvalue weighted by atomic mass is 19.4. The van der Waals surface area contributed by atoms with E-state index in [1.54, 1.807) is 6.07 Å². The van der Waals surface area contributed by atoms with Crippen LogP contribution in [0, 0.1) is 5.92 Å². The quantitative estimate of drug-likeness (QED) is 0.847. The third-order valence-corrected chi connectivity index (χ3v) is 4.49. The number of carbonyl (C=O) groups excluding carboxylic acids is 1. The zero-order chi connectivity index (χ0) is 19.9. The molecule has 6 nitrogen and oxygen atoms in total. The van der Waals surface area contributed by atoms with Gasteiger partial charge in [0.1, 0.15) is 28.7 Å². The average Bonchev–Trinajstić information content (AvgIpc) is 3.03. The van der Waals surface area contributed by atoms with Crippen LogP contribution in [-0.4, -0.2) is 24.9 Å². The van der Waals surface area contributed by atoms with Crippen LogP contribution in [0.3, 0.4) is 0 Å². The number of hydrogen-bond acceptors (Lipinski definition) is 5. The van der Waals surface area contributed by atoms with Crippen LogP contribution in [0.15, 0.2) is 27.6 Å². The number of halogens is 3. The monoisotopic (exact) mass is 381 g/mol. The molecule has 0 bridgehead atoms. The molecule has 4 N–H and O–H groups in total. The predicted octanol–water partition coefficient (Wildman–Crippen LogP) is 3.34. The lowest BCUT2D eigenvalue weighted by molar-refractivity contribution is -0.0627. The molecular weight excluding hydrogens is 363 g/mol. The molecule has 1 aromatic carbocycles. The number of nitrogens with two attached hydrogens (primary N) is 2. The summed E-state index contributed by atoms with van der Waals surface area (Å²) in [6, 6.07) is 4.61. The molecule has 0 fully saturated rings. The van der Waals surface area contributed by atoms with Crippen molar-refractivity contribution in [3.8, 4) is 17.1 Å². The lowest BCUT2D eigenvalue weighted by Gasteiger charge is -2.26. The highest BCUT2D eigenvalue weighted by Crippen LogP contribution is 2.45. The SMILES string of the molecule is COc1ccc(-c2cc(C(N)=O)c(CN)o2)c2c1N=C(C(F)(F)F)C(C)C2. The number of carbonyl (C=O) groups is 1. The summed E-state index contributed by atoms with van der Waals surface area (Å²) in [5.41, 5.74) is 11.4. The van der Waals surface area contributed by atoms with Crippen LogP contribution < -0.4 is 16.2 Å². The molecule has 0 spiro atoms. The van der Waals surface area contributed by atoms with Gasteiger partial charge in [0, 0.05) is 11.5 Å². The minimum absolute atomic E-state index is 0.0383. The number of hydrogen-bond donors (Lipinski definition) is 2. The van der Waals surface area contributed by atoms with E-state index in [-0.39, 0.29) is 35.7 Å². The summed E-state index contributed by atoms with van der Waals surface area (Å²) < 4.78 is 50.7. The number of rotatable bonds is 4. The summed E-state index contributed by atoms with van der Waals surface area (Å²) in [6.07, 6.45) is -4.45. The van der Waals surface area contributed by atoms with Crippen molar-refractivity contribution in [1.82, 2.24) is 0 Å². The maximum atomic E-state index is 13.3. The Balaban J connectivity index is 2.22. The highest BCUT2D eigenvalue weighted by molar-refractivity contribution is 5.98. The van der Waals surface area contributed by atoms with Gasteiger partial charge in [-0.1, -0.05) is 6.92 Å². The van der Waals surface area contributed by atoms with Crippen molar-refractivity contribution in [2.45, 2.75) is 26.1 Å². The maximum absolute atomic E-state index is 13.3. The van der Waals surface area contributed by atoms with Crippen molar-refractivity contribution >= 4 is 17.3 Å². The first-order valence-corrected chi connectivity index (χ1v) is 8.16. The minimum Gasteiger partial charge on any atom is -0.494 e. The van der Waals surface area contributed by atoms with Crippen LogP contribution in [0.25, 0.3) is 11.3 Å². The number of primary amides is 1. The van der Waals surface area contributed by atoms with Crippen molar-refractivity contribution in [2.24, 2.45) is 22.4 Å². The summed E-state index contributed by atoms with van der Waals surface area (Å²) in [7, 11) is 1.36. The van der Waals surface area contributed by atoms with Gasteiger partial charge in [0.2, 0.25) is 0 Å². The van der Waals surface area contributed by atoms with Crippen LogP contribution in [0.5, 0.6) is 5.75 Å². The number of furan rings is 1. The van der Waals surface area contributed by atoms with Gasteiger partial charge in [0.25, 0.3) is 5.91 Å². The summed E-state index contributed by atoms with van der Waals surface area (Å²) in [5.74, 6) is -0.809. The van der Waals surface area contributed by atoms with E-state index >= 15 is 0 Å². The lowest BCUT2D eigenvalue weighted by atomic mass is 9.88. The Labute approximate surface area is 153 Å². The van der Waals surface area contributed by atoms with E-state index in [1.807, 2.05) is 0 Å². The van der Waals surface area contributed by atoms with E-state index in [1.165, 1.54) is 26.2 Å². The summed E-state index contributed by atoms with van der Waals surface area (Å²) in [4.78, 5) is 15.4. The first kappa shape index (κ1) is 19.0. The van der Waals surface area contributed by atoms with E-state index in [4.69, 9.17) is 20.6 Å². The Morgan fingerprint density at radius 2 is 2.11 bits per heavy atom. The molecule has 27 heavy (non-hydrogen) atoms. The van der Waals surface area contributed by atoms with Gasteiger partial charge in [0.15, 0.2) is 0 Å². The lowest BCUT2D eigenvalue weighted by Crippen LogP contribution is -2.32. The molecule has 2 heterocycles. The first-order chi connectivity index (χ1) is 12.7. The van der Waals surface area contributed by atoms with Crippen LogP contribution in [0.4, 0.5) is 18.9 Å². The second kappa shape index (κ2) is 6.73. The number of aliphatic imine (C=N–C) groups is 1. The van der Waals surface area contributed by atoms with E-state index < -0.39 is 23.7 Å². The van der Waals surface area contributed by atoms with Gasteiger partial charge < -0.3 is 20.6 Å². The van der Waals surface area contributed by atoms with Crippen molar-refractivity contribution in [2.75, 3.05) is 7.11 Å². The van der Waals surface area contributed by atoms with E-state index in [9.17, 15) is 18.0 Å². The average molecular weight is 381 g/mol. The summed E-state index contributed by atoms with van der Waals surface area (Å²) in [6.45, 7) is 1.42. The fourth-order valence-corrected chi connectivity index (χ4v) is 3.24. The third kappa shape index (κ3) is 3.30. The molecular formula is C18H18F3N3O3. The van der Waals surface area contributed by atoms with E-state index in [2.05, 4.69) is 4.99 Å². The molecule has 144 valence electrons. The molecule has 0 radical (unpaired) electrons. The molecule has 0 saturated heterocycles. The number of ether oxygens (including phenoxy) is 1. The van der Waals surface area contributed by atoms with Gasteiger partial charge in [-0.2, -0.15) is 13.2 Å². The van der Waals surface area contributed by atoms with Crippen molar-refractivity contribution in [1.29, 1.82) is 0 Å². The van der Waals surface area contributed by atoms with Gasteiger partial charge in [-0.25, -0.2) is 4.99 Å². The molecule has 1 aliphatic heterocycles. The van der Waals surface area contributed by atoms with E-state index in [0.717, 1.165) is 0 Å². The first-order valence-electron chi connectivity index (χ1n) is 8.16. The number of alkyl halides is 3. The molecule has 3 rings (SSSR count). The molecule has 2 aromatic rings. The van der Waals surface area contributed by atoms with E-state index in [0.29, 0.717) is 16.9 Å². The minimum atomic E-state index is -4.53. The normalized spacial score (nSPS) is 16.7. The number of fused-ring (bicyclic) bond motifs is 1. The Hall–Kier alpha value is -2.81. The molecule has 1 atom stereocenters. The van der Waals surface area contributed by atoms with Crippen LogP contribution in [0.2, 0.25) is 0 Å². The number of nitrogens with zero attached hydrogens (tertiary/aromatic N) is 1. The standard InChI is InChI=1S/C18H18F3N3O3/c1-8-5-10-9(13-6-11(17(23)25)14(7-22)27-13)3-4-12(26-2)15(10)24-16(8)18(19,20)21/h3-4,6,8H,5,7,22H2,1-2H3,(H2,23,25). The highest BCUT2D eigenvalue weighted by Gasteiger charge is 2.42. The van der Waals surface area contributed by atoms with Gasteiger partial charge in [-0.15, -0.1) is 0 Å². The topological polar surface area (TPSA) is 104 Å². The zero-order valence-corrected chi connectivity index (χ0v) is 14.7. The van der Waals surface area contributed by atoms with Gasteiger partial charge >= 0.3 is 6.18 Å². The zero-order valence-electron chi connectivity index (χ0n) is 14.7. The Morgan fingerprint density at radius 3 is 2.63 bits per heavy atom. The Bertz CT molecular complexity index is 932. The number of amides is 1. The van der Waals surface area contributed by atoms with Gasteiger partial charge in [-0.05, 0) is 30.2 Å². The van der Waals surface area contributed by atoms with Gasteiger partial charge in [0.05, 0.1) is 19.2 Å². The molecule has 0 saturated carbocycles. The maximum Gasteiger partial charge on any atom is 0.429 e. The second-order valence-electron chi connectivity index (χ2n) is 6.26. The van der Waals surface area contributed by atoms with Crippen molar-refractivity contribution in [3.63, 3.8) is 0 Å². The fourth-order valence-electron chi connectivity index (χ4n) is 3.24. The molecule has 0 aliphatic carbocycles. The van der Waals surface area contributed by atoms with Crippen LogP contribution in [0.1, 0.15) is 28.6 Å². The Morgan fingerprint density at radius 1 is 1.41 bits per heavy atom. The number of benzene rings is 1. The fraction of sp³-hybridized carbons (Fsp3) is 0.333. The molecule has 1 amide bonds. The second-order valence-corrected chi connectivity index (χ2v) is 6.26.